The molecule has 1 unspecified atom stereocenters. The molecular formula is C10H15NO. The number of hydrogen-bond acceptors (Lipinski definition) is 1. The van der Waals surface area contributed by atoms with Crippen molar-refractivity contribution in [3.8, 4) is 0 Å². The molecule has 0 saturated carbocycles. The molecule has 1 amide bonds. The minimum atomic E-state index is 0.172. The quantitative estimate of drug-likeness (QED) is 0.621. The monoisotopic (exact) mass is 165 g/mol. The molecule has 0 aromatic carbocycles. The highest BCUT2D eigenvalue weighted by Crippen LogP contribution is 2.09. The Morgan fingerprint density at radius 1 is 1.50 bits per heavy atom. The molecule has 1 aliphatic heterocycles. The lowest BCUT2D eigenvalue weighted by atomic mass is 10.1. The van der Waals surface area contributed by atoms with E-state index >= 15 is 0 Å². The summed E-state index contributed by atoms with van der Waals surface area (Å²) in [5, 5.41) is 2.94. The van der Waals surface area contributed by atoms with Gasteiger partial charge in [0.05, 0.1) is 0 Å². The first-order valence-corrected chi connectivity index (χ1v) is 4.41. The Kier molecular flexibility index (Phi) is 3.58. The van der Waals surface area contributed by atoms with Crippen molar-refractivity contribution in [2.24, 2.45) is 0 Å². The van der Waals surface area contributed by atoms with Crippen molar-refractivity contribution >= 4 is 5.91 Å². The molecule has 1 rings (SSSR count). The van der Waals surface area contributed by atoms with Crippen molar-refractivity contribution in [1.82, 2.24) is 5.32 Å². The van der Waals surface area contributed by atoms with E-state index in [1.54, 1.807) is 6.08 Å². The molecule has 1 fully saturated rings. The first kappa shape index (κ1) is 9.04. The summed E-state index contributed by atoms with van der Waals surface area (Å²) in [6.07, 6.45) is 9.49. The van der Waals surface area contributed by atoms with Crippen LogP contribution >= 0.6 is 0 Å². The number of amides is 1. The van der Waals surface area contributed by atoms with Crippen LogP contribution in [0.25, 0.3) is 0 Å². The number of carbonyl (C=O) groups is 1. The van der Waals surface area contributed by atoms with Gasteiger partial charge in [-0.1, -0.05) is 31.2 Å². The first-order chi connectivity index (χ1) is 5.83. The second-order valence-corrected chi connectivity index (χ2v) is 3.04. The SMILES string of the molecule is C=CC=CC1CCCCC(=O)N1. The Labute approximate surface area is 73.4 Å². The summed E-state index contributed by atoms with van der Waals surface area (Å²) in [5.74, 6) is 0.172. The smallest absolute Gasteiger partial charge is 0.220 e. The number of rotatable bonds is 2. The van der Waals surface area contributed by atoms with E-state index in [0.29, 0.717) is 6.42 Å². The number of hydrogen-bond donors (Lipinski definition) is 1. The standard InChI is InChI=1S/C10H15NO/c1-2-3-6-9-7-4-5-8-10(12)11-9/h2-3,6,9H,1,4-5,7-8H2,(H,11,12). The van der Waals surface area contributed by atoms with E-state index in [0.717, 1.165) is 19.3 Å². The molecule has 2 nitrogen and oxygen atoms in total. The van der Waals surface area contributed by atoms with Crippen LogP contribution in [0.5, 0.6) is 0 Å². The third kappa shape index (κ3) is 2.91. The average Bonchev–Trinajstić information content (AvgIpc) is 2.26. The van der Waals surface area contributed by atoms with E-state index in [1.165, 1.54) is 0 Å². The highest BCUT2D eigenvalue weighted by Gasteiger charge is 2.12. The second-order valence-electron chi connectivity index (χ2n) is 3.04. The zero-order chi connectivity index (χ0) is 8.81. The second kappa shape index (κ2) is 4.75. The largest absolute Gasteiger partial charge is 0.350 e. The molecule has 1 aliphatic rings. The Morgan fingerprint density at radius 2 is 2.33 bits per heavy atom. The van der Waals surface area contributed by atoms with Gasteiger partial charge in [0, 0.05) is 12.5 Å². The Hall–Kier alpha value is -1.05. The Bertz CT molecular complexity index is 196. The van der Waals surface area contributed by atoms with Crippen molar-refractivity contribution in [3.63, 3.8) is 0 Å². The summed E-state index contributed by atoms with van der Waals surface area (Å²) >= 11 is 0. The van der Waals surface area contributed by atoms with Gasteiger partial charge >= 0.3 is 0 Å². The molecule has 1 N–H and O–H groups in total. The molecule has 66 valence electrons. The van der Waals surface area contributed by atoms with E-state index in [1.807, 2.05) is 12.2 Å². The maximum atomic E-state index is 11.1. The van der Waals surface area contributed by atoms with Crippen LogP contribution in [0.1, 0.15) is 25.7 Å². The fourth-order valence-electron chi connectivity index (χ4n) is 1.36. The van der Waals surface area contributed by atoms with Crippen LogP contribution in [0.15, 0.2) is 24.8 Å². The minimum absolute atomic E-state index is 0.172. The van der Waals surface area contributed by atoms with Gasteiger partial charge in [-0.05, 0) is 12.8 Å². The molecule has 0 aromatic heterocycles. The van der Waals surface area contributed by atoms with Crippen molar-refractivity contribution in [2.45, 2.75) is 31.7 Å². The number of nitrogens with one attached hydrogen (secondary N) is 1. The summed E-state index contributed by atoms with van der Waals surface area (Å²) in [4.78, 5) is 11.1. The zero-order valence-corrected chi connectivity index (χ0v) is 7.25. The van der Waals surface area contributed by atoms with E-state index in [9.17, 15) is 4.79 Å². The van der Waals surface area contributed by atoms with E-state index in [2.05, 4.69) is 11.9 Å². The van der Waals surface area contributed by atoms with E-state index < -0.39 is 0 Å². The lowest BCUT2D eigenvalue weighted by molar-refractivity contribution is -0.121. The summed E-state index contributed by atoms with van der Waals surface area (Å²) in [5.41, 5.74) is 0. The topological polar surface area (TPSA) is 29.1 Å². The van der Waals surface area contributed by atoms with E-state index in [-0.39, 0.29) is 11.9 Å². The van der Waals surface area contributed by atoms with Crippen LogP contribution in [0, 0.1) is 0 Å². The maximum absolute atomic E-state index is 11.1. The van der Waals surface area contributed by atoms with Crippen LogP contribution in [0.4, 0.5) is 0 Å². The Morgan fingerprint density at radius 3 is 3.08 bits per heavy atom. The number of allylic oxidation sites excluding steroid dienone is 2. The molecule has 0 radical (unpaired) electrons. The summed E-state index contributed by atoms with van der Waals surface area (Å²) < 4.78 is 0. The molecule has 0 aliphatic carbocycles. The molecule has 0 aromatic rings. The molecule has 1 heterocycles. The van der Waals surface area contributed by atoms with Crippen molar-refractivity contribution in [1.29, 1.82) is 0 Å². The van der Waals surface area contributed by atoms with Gasteiger partial charge in [0.1, 0.15) is 0 Å². The maximum Gasteiger partial charge on any atom is 0.220 e. The van der Waals surface area contributed by atoms with Gasteiger partial charge in [0.2, 0.25) is 5.91 Å². The first-order valence-electron chi connectivity index (χ1n) is 4.41. The van der Waals surface area contributed by atoms with Gasteiger partial charge in [0.15, 0.2) is 0 Å². The fourth-order valence-corrected chi connectivity index (χ4v) is 1.36. The lowest BCUT2D eigenvalue weighted by Crippen LogP contribution is -2.30. The van der Waals surface area contributed by atoms with Gasteiger partial charge in [-0.25, -0.2) is 0 Å². The van der Waals surface area contributed by atoms with Crippen LogP contribution in [0.2, 0.25) is 0 Å². The van der Waals surface area contributed by atoms with Gasteiger partial charge in [-0.2, -0.15) is 0 Å². The predicted molar refractivity (Wildman–Crippen MR) is 49.7 cm³/mol. The summed E-state index contributed by atoms with van der Waals surface area (Å²) in [7, 11) is 0. The highest BCUT2D eigenvalue weighted by atomic mass is 16.1. The summed E-state index contributed by atoms with van der Waals surface area (Å²) in [6, 6.07) is 0.220. The van der Waals surface area contributed by atoms with Crippen LogP contribution in [-0.4, -0.2) is 11.9 Å². The highest BCUT2D eigenvalue weighted by molar-refractivity contribution is 5.76. The predicted octanol–water partition coefficient (Wildman–Crippen LogP) is 1.79. The van der Waals surface area contributed by atoms with Gasteiger partial charge < -0.3 is 5.32 Å². The average molecular weight is 165 g/mol. The van der Waals surface area contributed by atoms with Crippen molar-refractivity contribution in [2.75, 3.05) is 0 Å². The van der Waals surface area contributed by atoms with Crippen LogP contribution < -0.4 is 5.32 Å². The van der Waals surface area contributed by atoms with Crippen molar-refractivity contribution in [3.05, 3.63) is 24.8 Å². The van der Waals surface area contributed by atoms with Gasteiger partial charge in [-0.15, -0.1) is 0 Å². The molecule has 2 heteroatoms. The van der Waals surface area contributed by atoms with Crippen LogP contribution in [0.3, 0.4) is 0 Å². The third-order valence-electron chi connectivity index (χ3n) is 1.99. The molecule has 0 spiro atoms. The molecule has 12 heavy (non-hydrogen) atoms. The molecular weight excluding hydrogens is 150 g/mol. The summed E-state index contributed by atoms with van der Waals surface area (Å²) in [6.45, 7) is 3.59. The Balaban J connectivity index is 2.46. The number of carbonyl (C=O) groups excluding carboxylic acids is 1. The van der Waals surface area contributed by atoms with Gasteiger partial charge in [-0.3, -0.25) is 4.79 Å². The van der Waals surface area contributed by atoms with E-state index in [4.69, 9.17) is 0 Å². The fraction of sp³-hybridized carbons (Fsp3) is 0.500. The van der Waals surface area contributed by atoms with Crippen molar-refractivity contribution < 1.29 is 4.79 Å². The molecule has 1 saturated heterocycles. The van der Waals surface area contributed by atoms with Crippen LogP contribution in [-0.2, 0) is 4.79 Å². The van der Waals surface area contributed by atoms with Gasteiger partial charge in [0.25, 0.3) is 0 Å². The normalized spacial score (nSPS) is 25.0. The minimum Gasteiger partial charge on any atom is -0.350 e. The molecule has 1 atom stereocenters. The zero-order valence-electron chi connectivity index (χ0n) is 7.25. The third-order valence-corrected chi connectivity index (χ3v) is 1.99. The lowest BCUT2D eigenvalue weighted by Gasteiger charge is -2.09. The molecule has 0 bridgehead atoms.